The van der Waals surface area contributed by atoms with Crippen LogP contribution in [0.3, 0.4) is 0 Å². The summed E-state index contributed by atoms with van der Waals surface area (Å²) in [7, 11) is 1.85. The highest BCUT2D eigenvalue weighted by molar-refractivity contribution is 5.98. The summed E-state index contributed by atoms with van der Waals surface area (Å²) in [6.45, 7) is 4.45. The molecule has 0 aliphatic carbocycles. The van der Waals surface area contributed by atoms with Crippen molar-refractivity contribution in [1.29, 1.82) is 0 Å². The first kappa shape index (κ1) is 12.9. The van der Waals surface area contributed by atoms with Gasteiger partial charge in [-0.3, -0.25) is 4.79 Å². The van der Waals surface area contributed by atoms with Crippen molar-refractivity contribution in [2.45, 2.75) is 19.8 Å². The maximum atomic E-state index is 12.0. The molecule has 2 N–H and O–H groups in total. The Kier molecular flexibility index (Phi) is 3.87. The Morgan fingerprint density at radius 3 is 2.83 bits per heavy atom. The van der Waals surface area contributed by atoms with Crippen LogP contribution in [-0.4, -0.2) is 32.6 Å². The molecule has 1 heterocycles. The minimum atomic E-state index is 0.176. The molecule has 4 nitrogen and oxygen atoms in total. The summed E-state index contributed by atoms with van der Waals surface area (Å²) < 4.78 is 0. The normalized spacial score (nSPS) is 15.6. The van der Waals surface area contributed by atoms with E-state index in [1.54, 1.807) is 4.90 Å². The Morgan fingerprint density at radius 1 is 1.33 bits per heavy atom. The zero-order valence-electron chi connectivity index (χ0n) is 11.1. The molecular formula is C14H21N3O. The number of carbonyl (C=O) groups is 1. The van der Waals surface area contributed by atoms with Crippen LogP contribution in [0.15, 0.2) is 18.2 Å². The summed E-state index contributed by atoms with van der Waals surface area (Å²) >= 11 is 0. The number of amides is 1. The topological polar surface area (TPSA) is 49.6 Å². The highest BCUT2D eigenvalue weighted by Gasteiger charge is 2.23. The van der Waals surface area contributed by atoms with Gasteiger partial charge >= 0.3 is 0 Å². The van der Waals surface area contributed by atoms with Gasteiger partial charge in [0.05, 0.1) is 11.4 Å². The molecule has 0 unspecified atom stereocenters. The SMILES string of the molecule is Cc1ccc2c(c1)N(CCCN)CCC(=O)N2C. The van der Waals surface area contributed by atoms with Gasteiger partial charge in [0.2, 0.25) is 5.91 Å². The van der Waals surface area contributed by atoms with Crippen LogP contribution in [-0.2, 0) is 4.79 Å². The van der Waals surface area contributed by atoms with Gasteiger partial charge < -0.3 is 15.5 Å². The molecule has 1 amide bonds. The predicted molar refractivity (Wildman–Crippen MR) is 75.1 cm³/mol. The lowest BCUT2D eigenvalue weighted by Gasteiger charge is -2.25. The highest BCUT2D eigenvalue weighted by atomic mass is 16.2. The van der Waals surface area contributed by atoms with E-state index >= 15 is 0 Å². The van der Waals surface area contributed by atoms with Gasteiger partial charge in [0.15, 0.2) is 0 Å². The van der Waals surface area contributed by atoms with Gasteiger partial charge in [0, 0.05) is 26.6 Å². The van der Waals surface area contributed by atoms with Crippen molar-refractivity contribution in [1.82, 2.24) is 0 Å². The van der Waals surface area contributed by atoms with E-state index in [2.05, 4.69) is 24.0 Å². The zero-order valence-corrected chi connectivity index (χ0v) is 11.1. The van der Waals surface area contributed by atoms with E-state index in [1.807, 2.05) is 13.1 Å². The maximum absolute atomic E-state index is 12.0. The van der Waals surface area contributed by atoms with Gasteiger partial charge in [-0.1, -0.05) is 6.07 Å². The lowest BCUT2D eigenvalue weighted by atomic mass is 10.1. The monoisotopic (exact) mass is 247 g/mol. The Hall–Kier alpha value is -1.55. The first-order chi connectivity index (χ1) is 8.63. The second kappa shape index (κ2) is 5.40. The molecule has 0 bridgehead atoms. The van der Waals surface area contributed by atoms with Crippen molar-refractivity contribution in [3.05, 3.63) is 23.8 Å². The molecule has 0 spiro atoms. The van der Waals surface area contributed by atoms with Crippen LogP contribution in [0.2, 0.25) is 0 Å². The fourth-order valence-corrected chi connectivity index (χ4v) is 2.34. The standard InChI is InChI=1S/C14H21N3O/c1-11-4-5-12-13(10-11)17(8-3-7-15)9-6-14(18)16(12)2/h4-5,10H,3,6-9,15H2,1-2H3. The van der Waals surface area contributed by atoms with Crippen LogP contribution in [0.1, 0.15) is 18.4 Å². The quantitative estimate of drug-likeness (QED) is 0.881. The third-order valence-corrected chi connectivity index (χ3v) is 3.43. The molecule has 18 heavy (non-hydrogen) atoms. The molecule has 1 aromatic rings. The van der Waals surface area contributed by atoms with E-state index in [0.717, 1.165) is 30.9 Å². The number of hydrogen-bond donors (Lipinski definition) is 1. The van der Waals surface area contributed by atoms with Crippen molar-refractivity contribution < 1.29 is 4.79 Å². The minimum Gasteiger partial charge on any atom is -0.369 e. The molecule has 1 aromatic carbocycles. The van der Waals surface area contributed by atoms with Gasteiger partial charge in [-0.05, 0) is 37.6 Å². The molecule has 4 heteroatoms. The molecule has 0 fully saturated rings. The number of benzene rings is 1. The molecule has 2 rings (SSSR count). The number of nitrogens with two attached hydrogens (primary N) is 1. The summed E-state index contributed by atoms with van der Waals surface area (Å²) in [4.78, 5) is 16.0. The van der Waals surface area contributed by atoms with Crippen molar-refractivity contribution in [3.63, 3.8) is 0 Å². The average molecular weight is 247 g/mol. The van der Waals surface area contributed by atoms with Crippen LogP contribution in [0.5, 0.6) is 0 Å². The third-order valence-electron chi connectivity index (χ3n) is 3.43. The molecule has 98 valence electrons. The van der Waals surface area contributed by atoms with Gasteiger partial charge in [-0.2, -0.15) is 0 Å². The van der Waals surface area contributed by atoms with E-state index in [1.165, 1.54) is 5.56 Å². The van der Waals surface area contributed by atoms with E-state index in [4.69, 9.17) is 5.73 Å². The summed E-state index contributed by atoms with van der Waals surface area (Å²) in [5, 5.41) is 0. The predicted octanol–water partition coefficient (Wildman–Crippen LogP) is 1.52. The van der Waals surface area contributed by atoms with Gasteiger partial charge in [-0.15, -0.1) is 0 Å². The number of carbonyl (C=O) groups excluding carboxylic acids is 1. The van der Waals surface area contributed by atoms with Crippen LogP contribution >= 0.6 is 0 Å². The molecule has 0 saturated carbocycles. The van der Waals surface area contributed by atoms with E-state index in [9.17, 15) is 4.79 Å². The lowest BCUT2D eigenvalue weighted by molar-refractivity contribution is -0.118. The fraction of sp³-hybridized carbons (Fsp3) is 0.500. The second-order valence-electron chi connectivity index (χ2n) is 4.82. The van der Waals surface area contributed by atoms with Crippen molar-refractivity contribution in [3.8, 4) is 0 Å². The summed E-state index contributed by atoms with van der Waals surface area (Å²) in [6.07, 6.45) is 1.51. The molecular weight excluding hydrogens is 226 g/mol. The van der Waals surface area contributed by atoms with Crippen molar-refractivity contribution >= 4 is 17.3 Å². The molecule has 0 aromatic heterocycles. The number of aryl methyl sites for hydroxylation is 1. The Morgan fingerprint density at radius 2 is 2.11 bits per heavy atom. The smallest absolute Gasteiger partial charge is 0.228 e. The first-order valence-electron chi connectivity index (χ1n) is 6.45. The Balaban J connectivity index is 2.38. The van der Waals surface area contributed by atoms with E-state index in [0.29, 0.717) is 13.0 Å². The largest absolute Gasteiger partial charge is 0.369 e. The maximum Gasteiger partial charge on any atom is 0.228 e. The van der Waals surface area contributed by atoms with Crippen LogP contribution in [0, 0.1) is 6.92 Å². The zero-order chi connectivity index (χ0) is 13.1. The molecule has 1 aliphatic rings. The fourth-order valence-electron chi connectivity index (χ4n) is 2.34. The third kappa shape index (κ3) is 2.48. The molecule has 1 aliphatic heterocycles. The van der Waals surface area contributed by atoms with Crippen LogP contribution in [0.25, 0.3) is 0 Å². The van der Waals surface area contributed by atoms with Crippen molar-refractivity contribution in [2.75, 3.05) is 36.5 Å². The summed E-state index contributed by atoms with van der Waals surface area (Å²) in [5.41, 5.74) is 8.95. The minimum absolute atomic E-state index is 0.176. The molecule has 0 saturated heterocycles. The second-order valence-corrected chi connectivity index (χ2v) is 4.82. The Labute approximate surface area is 108 Å². The molecule has 0 atom stereocenters. The summed E-state index contributed by atoms with van der Waals surface area (Å²) in [6, 6.07) is 6.24. The average Bonchev–Trinajstić information content (AvgIpc) is 2.47. The van der Waals surface area contributed by atoms with Crippen LogP contribution < -0.4 is 15.5 Å². The Bertz CT molecular complexity index is 445. The van der Waals surface area contributed by atoms with Gasteiger partial charge in [0.1, 0.15) is 0 Å². The number of hydrogen-bond acceptors (Lipinski definition) is 3. The highest BCUT2D eigenvalue weighted by Crippen LogP contribution is 2.32. The van der Waals surface area contributed by atoms with Gasteiger partial charge in [0.25, 0.3) is 0 Å². The number of fused-ring (bicyclic) bond motifs is 1. The van der Waals surface area contributed by atoms with E-state index in [-0.39, 0.29) is 5.91 Å². The van der Waals surface area contributed by atoms with E-state index < -0.39 is 0 Å². The lowest BCUT2D eigenvalue weighted by Crippen LogP contribution is -2.27. The number of rotatable bonds is 3. The van der Waals surface area contributed by atoms with Crippen LogP contribution in [0.4, 0.5) is 11.4 Å². The van der Waals surface area contributed by atoms with Gasteiger partial charge in [-0.25, -0.2) is 0 Å². The molecule has 0 radical (unpaired) electrons. The van der Waals surface area contributed by atoms with Crippen molar-refractivity contribution in [2.24, 2.45) is 5.73 Å². The summed E-state index contributed by atoms with van der Waals surface area (Å²) in [5.74, 6) is 0.176. The first-order valence-corrected chi connectivity index (χ1v) is 6.45. The number of anilines is 2. The number of nitrogens with zero attached hydrogens (tertiary/aromatic N) is 2.